The maximum absolute atomic E-state index is 11.3. The Labute approximate surface area is 75.7 Å². The van der Waals surface area contributed by atoms with Crippen LogP contribution >= 0.6 is 11.6 Å². The highest BCUT2D eigenvalue weighted by Crippen LogP contribution is 2.06. The second-order valence-corrected chi connectivity index (χ2v) is 4.69. The summed E-state index contributed by atoms with van der Waals surface area (Å²) < 4.78 is 24.5. The zero-order valence-corrected chi connectivity index (χ0v) is 8.17. The minimum atomic E-state index is -3.50. The van der Waals surface area contributed by atoms with Crippen molar-refractivity contribution >= 4 is 21.8 Å². The van der Waals surface area contributed by atoms with Gasteiger partial charge in [-0.25, -0.2) is 0 Å². The smallest absolute Gasteiger partial charge is 0.189 e. The third-order valence-corrected chi connectivity index (χ3v) is 3.03. The molecule has 0 fully saturated rings. The molecule has 1 heterocycles. The first-order valence-electron chi connectivity index (χ1n) is 3.09. The Hall–Kier alpha value is -0.590. The van der Waals surface area contributed by atoms with Crippen LogP contribution in [0.4, 0.5) is 0 Å². The van der Waals surface area contributed by atoms with Crippen LogP contribution in [0.15, 0.2) is 12.3 Å². The quantitative estimate of drug-likeness (QED) is 0.699. The predicted octanol–water partition coefficient (Wildman–Crippen LogP) is 0.191. The number of nitrogens with zero attached hydrogens (tertiary/aromatic N) is 3. The van der Waals surface area contributed by atoms with Gasteiger partial charge in [-0.3, -0.25) is 0 Å². The van der Waals surface area contributed by atoms with E-state index in [1.807, 2.05) is 0 Å². The Balaban J connectivity index is 3.15. The van der Waals surface area contributed by atoms with Crippen LogP contribution in [-0.2, 0) is 10.2 Å². The van der Waals surface area contributed by atoms with Crippen LogP contribution in [0, 0.1) is 0 Å². The fourth-order valence-electron chi connectivity index (χ4n) is 0.582. The van der Waals surface area contributed by atoms with E-state index in [1.54, 1.807) is 0 Å². The molecule has 1 aromatic heterocycles. The average Bonchev–Trinajstić information content (AvgIpc) is 2.35. The van der Waals surface area contributed by atoms with Gasteiger partial charge in [-0.1, -0.05) is 11.6 Å². The van der Waals surface area contributed by atoms with Gasteiger partial charge in [0.15, 0.2) is 5.15 Å². The van der Waals surface area contributed by atoms with Crippen molar-refractivity contribution in [2.24, 2.45) is 0 Å². The van der Waals surface area contributed by atoms with Gasteiger partial charge in [0.1, 0.15) is 0 Å². The van der Waals surface area contributed by atoms with Gasteiger partial charge in [0, 0.05) is 20.3 Å². The maximum atomic E-state index is 11.3. The molecule has 1 rings (SSSR count). The van der Waals surface area contributed by atoms with E-state index in [0.717, 1.165) is 8.39 Å². The minimum Gasteiger partial charge on any atom is -0.189 e. The second kappa shape index (κ2) is 3.04. The van der Waals surface area contributed by atoms with Gasteiger partial charge in [-0.2, -0.15) is 16.8 Å². The van der Waals surface area contributed by atoms with Crippen molar-refractivity contribution in [1.29, 1.82) is 0 Å². The molecule has 0 unspecified atom stereocenters. The lowest BCUT2D eigenvalue weighted by Gasteiger charge is -2.09. The lowest BCUT2D eigenvalue weighted by molar-refractivity contribution is 0.504. The first-order valence-corrected chi connectivity index (χ1v) is 4.86. The zero-order chi connectivity index (χ0) is 9.35. The van der Waals surface area contributed by atoms with Crippen molar-refractivity contribution in [3.8, 4) is 0 Å². The molecule has 0 aromatic carbocycles. The SMILES string of the molecule is CN(C)S(=O)(=O)n1ccc(Cl)n1. The van der Waals surface area contributed by atoms with Gasteiger partial charge in [-0.15, -0.1) is 5.10 Å². The van der Waals surface area contributed by atoms with Crippen LogP contribution < -0.4 is 0 Å². The monoisotopic (exact) mass is 209 g/mol. The van der Waals surface area contributed by atoms with Crippen LogP contribution in [0.1, 0.15) is 0 Å². The number of hydrogen-bond acceptors (Lipinski definition) is 3. The van der Waals surface area contributed by atoms with E-state index in [2.05, 4.69) is 5.10 Å². The van der Waals surface area contributed by atoms with Crippen molar-refractivity contribution in [2.45, 2.75) is 0 Å². The molecule has 68 valence electrons. The van der Waals surface area contributed by atoms with Crippen LogP contribution in [0.25, 0.3) is 0 Å². The number of rotatable bonds is 2. The van der Waals surface area contributed by atoms with E-state index >= 15 is 0 Å². The van der Waals surface area contributed by atoms with Crippen molar-refractivity contribution in [1.82, 2.24) is 13.5 Å². The summed E-state index contributed by atoms with van der Waals surface area (Å²) in [5.74, 6) is 0. The molecule has 7 heteroatoms. The zero-order valence-electron chi connectivity index (χ0n) is 6.60. The van der Waals surface area contributed by atoms with Crippen LogP contribution in [0.2, 0.25) is 5.15 Å². The summed E-state index contributed by atoms with van der Waals surface area (Å²) in [6.07, 6.45) is 1.29. The molecule has 0 saturated heterocycles. The van der Waals surface area contributed by atoms with E-state index in [4.69, 9.17) is 11.6 Å². The van der Waals surface area contributed by atoms with Crippen LogP contribution in [0.3, 0.4) is 0 Å². The molecule has 0 bridgehead atoms. The van der Waals surface area contributed by atoms with Crippen molar-refractivity contribution < 1.29 is 8.42 Å². The van der Waals surface area contributed by atoms with E-state index in [0.29, 0.717) is 0 Å². The molecule has 0 saturated carbocycles. The number of hydrogen-bond donors (Lipinski definition) is 0. The summed E-state index contributed by atoms with van der Waals surface area (Å²) in [4.78, 5) is 0. The number of aromatic nitrogens is 2. The van der Waals surface area contributed by atoms with Crippen molar-refractivity contribution in [3.63, 3.8) is 0 Å². The van der Waals surface area contributed by atoms with Gasteiger partial charge in [0.25, 0.3) is 0 Å². The van der Waals surface area contributed by atoms with Crippen LogP contribution in [0.5, 0.6) is 0 Å². The van der Waals surface area contributed by atoms with Crippen molar-refractivity contribution in [2.75, 3.05) is 14.1 Å². The highest BCUT2D eigenvalue weighted by Gasteiger charge is 2.16. The molecule has 0 aliphatic heterocycles. The fourth-order valence-corrected chi connectivity index (χ4v) is 1.50. The molecule has 1 aromatic rings. The third kappa shape index (κ3) is 1.60. The van der Waals surface area contributed by atoms with Gasteiger partial charge in [-0.05, 0) is 6.07 Å². The summed E-state index contributed by atoms with van der Waals surface area (Å²) in [5.41, 5.74) is 0. The Morgan fingerprint density at radius 3 is 2.50 bits per heavy atom. The fraction of sp³-hybridized carbons (Fsp3) is 0.400. The van der Waals surface area contributed by atoms with Gasteiger partial charge in [0.2, 0.25) is 0 Å². The molecule has 0 radical (unpaired) electrons. The minimum absolute atomic E-state index is 0.153. The summed E-state index contributed by atoms with van der Waals surface area (Å²) >= 11 is 5.46. The van der Waals surface area contributed by atoms with Gasteiger partial charge < -0.3 is 0 Å². The number of halogens is 1. The van der Waals surface area contributed by atoms with Gasteiger partial charge in [0.05, 0.1) is 0 Å². The van der Waals surface area contributed by atoms with E-state index < -0.39 is 10.2 Å². The normalized spacial score (nSPS) is 12.3. The standard InChI is InChI=1S/C5H8ClN3O2S/c1-8(2)12(10,11)9-4-3-5(6)7-9/h3-4H,1-2H3. The molecule has 0 aliphatic carbocycles. The average molecular weight is 210 g/mol. The van der Waals surface area contributed by atoms with E-state index in [1.165, 1.54) is 26.4 Å². The van der Waals surface area contributed by atoms with Crippen LogP contribution in [-0.4, -0.2) is 36.0 Å². The lowest BCUT2D eigenvalue weighted by atomic mass is 10.8. The Bertz CT molecular complexity index is 370. The first-order chi connectivity index (χ1) is 5.44. The van der Waals surface area contributed by atoms with Crippen molar-refractivity contribution in [3.05, 3.63) is 17.4 Å². The summed E-state index contributed by atoms with van der Waals surface area (Å²) in [6, 6.07) is 1.41. The second-order valence-electron chi connectivity index (χ2n) is 2.30. The van der Waals surface area contributed by atoms with E-state index in [9.17, 15) is 8.42 Å². The van der Waals surface area contributed by atoms with Gasteiger partial charge >= 0.3 is 10.2 Å². The molecule has 0 spiro atoms. The Morgan fingerprint density at radius 1 is 1.58 bits per heavy atom. The lowest BCUT2D eigenvalue weighted by Crippen LogP contribution is -2.29. The first kappa shape index (κ1) is 9.50. The molecule has 0 aliphatic rings. The third-order valence-electron chi connectivity index (χ3n) is 1.23. The summed E-state index contributed by atoms with van der Waals surface area (Å²) in [5, 5.41) is 3.71. The van der Waals surface area contributed by atoms with E-state index in [-0.39, 0.29) is 5.15 Å². The topological polar surface area (TPSA) is 55.2 Å². The molecule has 0 atom stereocenters. The molecular formula is C5H8ClN3O2S. The Kier molecular flexibility index (Phi) is 2.41. The highest BCUT2D eigenvalue weighted by molar-refractivity contribution is 7.87. The molecule has 5 nitrogen and oxygen atoms in total. The molecule has 12 heavy (non-hydrogen) atoms. The summed E-state index contributed by atoms with van der Waals surface area (Å²) in [6.45, 7) is 0. The molecule has 0 amide bonds. The highest BCUT2D eigenvalue weighted by atomic mass is 35.5. The molecule has 0 N–H and O–H groups in total. The Morgan fingerprint density at radius 2 is 2.17 bits per heavy atom. The summed E-state index contributed by atoms with van der Waals surface area (Å²) in [7, 11) is -0.659. The largest absolute Gasteiger partial charge is 0.322 e. The maximum Gasteiger partial charge on any atom is 0.322 e. The molecular weight excluding hydrogens is 202 g/mol. The predicted molar refractivity (Wildman–Crippen MR) is 45.2 cm³/mol.